The van der Waals surface area contributed by atoms with Gasteiger partial charge in [0, 0.05) is 19.3 Å². The van der Waals surface area contributed by atoms with Gasteiger partial charge in [0.2, 0.25) is 0 Å². The Bertz CT molecular complexity index is 1180. The molecule has 0 saturated carbocycles. The number of allylic oxidation sites excluding steroid dienone is 12. The molecule has 0 aliphatic rings. The molecule has 62 heavy (non-hydrogen) atoms. The van der Waals surface area contributed by atoms with Crippen molar-refractivity contribution in [3.63, 3.8) is 0 Å². The van der Waals surface area contributed by atoms with Crippen molar-refractivity contribution in [3.8, 4) is 0 Å². The van der Waals surface area contributed by atoms with Crippen molar-refractivity contribution in [1.29, 1.82) is 0 Å². The van der Waals surface area contributed by atoms with Gasteiger partial charge in [0.05, 0.1) is 0 Å². The summed E-state index contributed by atoms with van der Waals surface area (Å²) in [7, 11) is 0. The predicted molar refractivity (Wildman–Crippen MR) is 265 cm³/mol. The van der Waals surface area contributed by atoms with E-state index in [9.17, 15) is 14.4 Å². The van der Waals surface area contributed by atoms with E-state index in [1.165, 1.54) is 89.9 Å². The van der Waals surface area contributed by atoms with E-state index in [-0.39, 0.29) is 31.1 Å². The highest BCUT2D eigenvalue weighted by Gasteiger charge is 2.19. The van der Waals surface area contributed by atoms with Gasteiger partial charge in [-0.2, -0.15) is 0 Å². The van der Waals surface area contributed by atoms with Gasteiger partial charge in [0.15, 0.2) is 6.10 Å². The Labute approximate surface area is 382 Å². The summed E-state index contributed by atoms with van der Waals surface area (Å²) >= 11 is 0. The zero-order chi connectivity index (χ0) is 45.1. The van der Waals surface area contributed by atoms with Gasteiger partial charge in [-0.15, -0.1) is 0 Å². The van der Waals surface area contributed by atoms with Crippen LogP contribution in [0, 0.1) is 0 Å². The number of hydrogen-bond acceptors (Lipinski definition) is 6. The first-order valence-electron chi connectivity index (χ1n) is 26.0. The average Bonchev–Trinajstić information content (AvgIpc) is 3.27. The van der Waals surface area contributed by atoms with Gasteiger partial charge < -0.3 is 14.2 Å². The molecule has 0 rings (SSSR count). The standard InChI is InChI=1S/C56H96O6/c1-4-7-10-13-16-19-22-25-27-28-29-32-34-37-40-43-46-49-55(58)61-52-53(51-60-54(57)48-45-42-39-36-33-30-24-21-18-15-12-9-6-3)62-56(59)50-47-44-41-38-35-31-26-23-20-17-14-11-8-5-2/h8-9,11-12,15,17-18,20-21,24,26,31,53H,4-7,10,13-14,16,19,22-23,25,27-30,32-52H2,1-3H3/b11-8-,12-9-,18-15-,20-17-,24-21-,31-26-. The van der Waals surface area contributed by atoms with Crippen molar-refractivity contribution in [3.05, 3.63) is 72.9 Å². The van der Waals surface area contributed by atoms with E-state index in [1.807, 2.05) is 0 Å². The molecule has 0 radical (unpaired) electrons. The van der Waals surface area contributed by atoms with Crippen molar-refractivity contribution in [2.45, 2.75) is 252 Å². The summed E-state index contributed by atoms with van der Waals surface area (Å²) in [5, 5.41) is 0. The zero-order valence-electron chi connectivity index (χ0n) is 40.6. The number of carbonyl (C=O) groups excluding carboxylic acids is 3. The van der Waals surface area contributed by atoms with Crippen LogP contribution >= 0.6 is 0 Å². The monoisotopic (exact) mass is 865 g/mol. The molecule has 0 aromatic rings. The fraction of sp³-hybridized carbons (Fsp3) is 0.732. The van der Waals surface area contributed by atoms with E-state index in [4.69, 9.17) is 14.2 Å². The first-order valence-corrected chi connectivity index (χ1v) is 26.0. The summed E-state index contributed by atoms with van der Waals surface area (Å²) in [4.78, 5) is 38.0. The van der Waals surface area contributed by atoms with Crippen LogP contribution in [-0.4, -0.2) is 37.2 Å². The van der Waals surface area contributed by atoms with Gasteiger partial charge in [0.1, 0.15) is 13.2 Å². The second kappa shape index (κ2) is 50.5. The van der Waals surface area contributed by atoms with Crippen molar-refractivity contribution >= 4 is 17.9 Å². The molecule has 0 aliphatic heterocycles. The molecule has 0 heterocycles. The molecule has 1 atom stereocenters. The minimum absolute atomic E-state index is 0.0898. The number of hydrogen-bond donors (Lipinski definition) is 0. The maximum absolute atomic E-state index is 12.8. The Hall–Kier alpha value is -3.15. The van der Waals surface area contributed by atoms with Gasteiger partial charge in [-0.1, -0.05) is 229 Å². The summed E-state index contributed by atoms with van der Waals surface area (Å²) in [5.41, 5.74) is 0. The summed E-state index contributed by atoms with van der Waals surface area (Å²) in [6, 6.07) is 0. The largest absolute Gasteiger partial charge is 0.462 e. The normalized spacial score (nSPS) is 12.6. The average molecular weight is 865 g/mol. The van der Waals surface area contributed by atoms with Crippen LogP contribution in [0.2, 0.25) is 0 Å². The fourth-order valence-electron chi connectivity index (χ4n) is 7.16. The molecule has 6 nitrogen and oxygen atoms in total. The predicted octanol–water partition coefficient (Wildman–Crippen LogP) is 17.0. The Morgan fingerprint density at radius 3 is 1.16 bits per heavy atom. The maximum Gasteiger partial charge on any atom is 0.306 e. The highest BCUT2D eigenvalue weighted by atomic mass is 16.6. The minimum Gasteiger partial charge on any atom is -0.462 e. The number of ether oxygens (including phenoxy) is 3. The fourth-order valence-corrected chi connectivity index (χ4v) is 7.16. The number of esters is 3. The smallest absolute Gasteiger partial charge is 0.306 e. The molecule has 0 aromatic heterocycles. The lowest BCUT2D eigenvalue weighted by Crippen LogP contribution is -2.30. The van der Waals surface area contributed by atoms with Crippen molar-refractivity contribution in [2.75, 3.05) is 13.2 Å². The second-order valence-electron chi connectivity index (χ2n) is 17.1. The first-order chi connectivity index (χ1) is 30.5. The lowest BCUT2D eigenvalue weighted by atomic mass is 10.0. The lowest BCUT2D eigenvalue weighted by molar-refractivity contribution is -0.167. The van der Waals surface area contributed by atoms with E-state index in [1.54, 1.807) is 0 Å². The number of carbonyl (C=O) groups is 3. The quantitative estimate of drug-likeness (QED) is 0.0199. The van der Waals surface area contributed by atoms with Crippen LogP contribution in [0.3, 0.4) is 0 Å². The van der Waals surface area contributed by atoms with E-state index in [0.29, 0.717) is 19.3 Å². The summed E-state index contributed by atoms with van der Waals surface area (Å²) < 4.78 is 16.8. The van der Waals surface area contributed by atoms with Crippen LogP contribution in [0.4, 0.5) is 0 Å². The SMILES string of the molecule is CC\C=C/C=C\C=C/CCCCCCCC(=O)OCC(COC(=O)CCCCCCCCCCCCCCCCCCC)OC(=O)CCCCCC/C=C\C/C=C\C/C=C\CC. The molecule has 356 valence electrons. The van der Waals surface area contributed by atoms with E-state index in [0.717, 1.165) is 116 Å². The molecule has 1 unspecified atom stereocenters. The van der Waals surface area contributed by atoms with Gasteiger partial charge in [-0.25, -0.2) is 0 Å². The topological polar surface area (TPSA) is 78.9 Å². The van der Waals surface area contributed by atoms with E-state index < -0.39 is 6.10 Å². The van der Waals surface area contributed by atoms with Crippen LogP contribution in [0.5, 0.6) is 0 Å². The molecule has 0 N–H and O–H groups in total. The highest BCUT2D eigenvalue weighted by Crippen LogP contribution is 2.15. The van der Waals surface area contributed by atoms with Gasteiger partial charge in [0.25, 0.3) is 0 Å². The van der Waals surface area contributed by atoms with E-state index in [2.05, 4.69) is 93.7 Å². The zero-order valence-corrected chi connectivity index (χ0v) is 40.6. The van der Waals surface area contributed by atoms with Crippen LogP contribution < -0.4 is 0 Å². The molecule has 0 bridgehead atoms. The van der Waals surface area contributed by atoms with Crippen molar-refractivity contribution in [2.24, 2.45) is 0 Å². The third kappa shape index (κ3) is 47.9. The van der Waals surface area contributed by atoms with Gasteiger partial charge >= 0.3 is 17.9 Å². The molecule has 0 aliphatic carbocycles. The first kappa shape index (κ1) is 58.9. The Kier molecular flexibility index (Phi) is 47.9. The lowest BCUT2D eigenvalue weighted by Gasteiger charge is -2.18. The molecule has 6 heteroatoms. The number of rotatable bonds is 46. The molecule has 0 aromatic carbocycles. The van der Waals surface area contributed by atoms with Crippen LogP contribution in [-0.2, 0) is 28.6 Å². The summed E-state index contributed by atoms with van der Waals surface area (Å²) in [6.07, 6.45) is 63.2. The van der Waals surface area contributed by atoms with Gasteiger partial charge in [-0.3, -0.25) is 14.4 Å². The maximum atomic E-state index is 12.8. The second-order valence-corrected chi connectivity index (χ2v) is 17.1. The van der Waals surface area contributed by atoms with Crippen LogP contribution in [0.25, 0.3) is 0 Å². The molecule has 0 saturated heterocycles. The molecule has 0 amide bonds. The Balaban J connectivity index is 4.40. The van der Waals surface area contributed by atoms with Crippen molar-refractivity contribution < 1.29 is 28.6 Å². The third-order valence-corrected chi connectivity index (χ3v) is 11.0. The van der Waals surface area contributed by atoms with Crippen LogP contribution in [0.15, 0.2) is 72.9 Å². The van der Waals surface area contributed by atoms with Gasteiger partial charge in [-0.05, 0) is 70.6 Å². The third-order valence-electron chi connectivity index (χ3n) is 11.0. The molecular weight excluding hydrogens is 769 g/mol. The Morgan fingerprint density at radius 2 is 0.710 bits per heavy atom. The van der Waals surface area contributed by atoms with E-state index >= 15 is 0 Å². The number of unbranched alkanes of at least 4 members (excludes halogenated alkanes) is 25. The van der Waals surface area contributed by atoms with Crippen LogP contribution in [0.1, 0.15) is 245 Å². The Morgan fingerprint density at radius 1 is 0.355 bits per heavy atom. The molecular formula is C56H96O6. The molecule has 0 fully saturated rings. The van der Waals surface area contributed by atoms with Crippen molar-refractivity contribution in [1.82, 2.24) is 0 Å². The summed E-state index contributed by atoms with van der Waals surface area (Å²) in [5.74, 6) is -0.930. The highest BCUT2D eigenvalue weighted by molar-refractivity contribution is 5.71. The molecule has 0 spiro atoms. The summed E-state index contributed by atoms with van der Waals surface area (Å²) in [6.45, 7) is 6.37. The minimum atomic E-state index is -0.793.